The maximum Gasteiger partial charge on any atom is 0.0918 e. The predicted molar refractivity (Wildman–Crippen MR) is 22.3 cm³/mol. The summed E-state index contributed by atoms with van der Waals surface area (Å²) in [6.07, 6.45) is -0.213. The summed E-state index contributed by atoms with van der Waals surface area (Å²) in [6.45, 7) is 1.15. The Balaban J connectivity index is 2.63. The van der Waals surface area contributed by atoms with E-state index >= 15 is 0 Å². The van der Waals surface area contributed by atoms with Crippen molar-refractivity contribution in [1.82, 2.24) is 0 Å². The van der Waals surface area contributed by atoms with Crippen LogP contribution in [0.2, 0.25) is 0 Å². The van der Waals surface area contributed by atoms with Gasteiger partial charge in [0.25, 0.3) is 0 Å². The zero-order valence-electron chi connectivity index (χ0n) is 3.82. The van der Waals surface area contributed by atoms with E-state index in [1.807, 2.05) is 0 Å². The lowest BCUT2D eigenvalue weighted by molar-refractivity contribution is 0.172. The molecule has 0 rings (SSSR count). The Hall–Kier alpha value is -0.110. The fourth-order valence-corrected chi connectivity index (χ4v) is 0.158. The largest absolute Gasteiger partial charge is 0.393 e. The Morgan fingerprint density at radius 2 is 2.33 bits per heavy atom. The van der Waals surface area contributed by atoms with Crippen molar-refractivity contribution in [3.05, 3.63) is 0 Å². The van der Waals surface area contributed by atoms with E-state index in [4.69, 9.17) is 5.11 Å². The number of rotatable bonds is 2. The van der Waals surface area contributed by atoms with Crippen LogP contribution in [0.5, 0.6) is 0 Å². The first-order chi connectivity index (χ1) is 2.77. The lowest BCUT2D eigenvalue weighted by Gasteiger charge is -1.93. The fourth-order valence-electron chi connectivity index (χ4n) is 0.158. The minimum Gasteiger partial charge on any atom is -0.393 e. The van der Waals surface area contributed by atoms with Crippen LogP contribution in [-0.4, -0.2) is 17.9 Å². The van der Waals surface area contributed by atoms with E-state index in [-0.39, 0.29) is 6.42 Å². The molecular formula is C4H9FO. The summed E-state index contributed by atoms with van der Waals surface area (Å²) in [5.41, 5.74) is 0. The summed E-state index contributed by atoms with van der Waals surface area (Å²) in [6, 6.07) is 0. The van der Waals surface area contributed by atoms with Gasteiger partial charge in [0, 0.05) is 6.42 Å². The van der Waals surface area contributed by atoms with Crippen molar-refractivity contribution in [2.45, 2.75) is 19.4 Å². The highest BCUT2D eigenvalue weighted by Gasteiger charge is 1.89. The maximum absolute atomic E-state index is 11.1. The summed E-state index contributed by atoms with van der Waals surface area (Å²) in [4.78, 5) is 0. The van der Waals surface area contributed by atoms with Crippen molar-refractivity contribution in [1.29, 1.82) is 0 Å². The molecule has 0 aromatic carbocycles. The van der Waals surface area contributed by atoms with Crippen molar-refractivity contribution < 1.29 is 9.50 Å². The lowest BCUT2D eigenvalue weighted by atomic mass is 10.3. The van der Waals surface area contributed by atoms with Crippen molar-refractivity contribution in [2.75, 3.05) is 6.67 Å². The second-order valence-corrected chi connectivity index (χ2v) is 1.33. The Labute approximate surface area is 36.8 Å². The molecular weight excluding hydrogens is 83.0 g/mol. The molecule has 0 unspecified atom stereocenters. The third-order valence-electron chi connectivity index (χ3n) is 0.527. The summed E-state index contributed by atoms with van der Waals surface area (Å²) in [5.74, 6) is 0. The molecule has 0 aromatic heterocycles. The molecule has 0 amide bonds. The number of hydrogen-bond donors (Lipinski definition) is 1. The topological polar surface area (TPSA) is 20.2 Å². The summed E-state index contributed by atoms with van der Waals surface area (Å²) < 4.78 is 11.1. The molecule has 0 aromatic rings. The molecule has 0 aliphatic carbocycles. The normalized spacial score (nSPS) is 14.5. The van der Waals surface area contributed by atoms with Crippen molar-refractivity contribution in [3.8, 4) is 0 Å². The minimum absolute atomic E-state index is 0.264. The molecule has 0 saturated heterocycles. The molecule has 1 nitrogen and oxygen atoms in total. The summed E-state index contributed by atoms with van der Waals surface area (Å²) in [5, 5.41) is 8.31. The SMILES string of the molecule is C[C@@H](O)CCF. The van der Waals surface area contributed by atoms with Crippen LogP contribution in [0.3, 0.4) is 0 Å². The van der Waals surface area contributed by atoms with Gasteiger partial charge in [0.05, 0.1) is 12.8 Å². The van der Waals surface area contributed by atoms with Gasteiger partial charge in [-0.25, -0.2) is 0 Å². The number of aliphatic hydroxyl groups excluding tert-OH is 1. The van der Waals surface area contributed by atoms with E-state index in [0.717, 1.165) is 0 Å². The second kappa shape index (κ2) is 3.09. The van der Waals surface area contributed by atoms with Gasteiger partial charge in [-0.15, -0.1) is 0 Å². The Morgan fingerprint density at radius 3 is 2.33 bits per heavy atom. The number of alkyl halides is 1. The van der Waals surface area contributed by atoms with E-state index in [1.165, 1.54) is 0 Å². The van der Waals surface area contributed by atoms with Gasteiger partial charge < -0.3 is 5.11 Å². The third-order valence-corrected chi connectivity index (χ3v) is 0.527. The van der Waals surface area contributed by atoms with Gasteiger partial charge in [-0.1, -0.05) is 0 Å². The molecule has 0 radical (unpaired) electrons. The standard InChI is InChI=1S/C4H9FO/c1-4(6)2-3-5/h4,6H,2-3H2,1H3/t4-/m1/s1. The first-order valence-corrected chi connectivity index (χ1v) is 2.01. The quantitative estimate of drug-likeness (QED) is 0.532. The number of halogens is 1. The highest BCUT2D eigenvalue weighted by molar-refractivity contribution is 4.40. The fraction of sp³-hybridized carbons (Fsp3) is 1.00. The molecule has 0 aliphatic rings. The van der Waals surface area contributed by atoms with Gasteiger partial charge in [0.2, 0.25) is 0 Å². The molecule has 38 valence electrons. The Kier molecular flexibility index (Phi) is 3.04. The van der Waals surface area contributed by atoms with E-state index in [0.29, 0.717) is 0 Å². The van der Waals surface area contributed by atoms with Crippen molar-refractivity contribution in [2.24, 2.45) is 0 Å². The predicted octanol–water partition coefficient (Wildman–Crippen LogP) is 0.727. The molecule has 0 saturated carbocycles. The van der Waals surface area contributed by atoms with Crippen LogP contribution in [0.4, 0.5) is 4.39 Å². The van der Waals surface area contributed by atoms with Crippen LogP contribution in [-0.2, 0) is 0 Å². The molecule has 0 spiro atoms. The monoisotopic (exact) mass is 92.1 g/mol. The van der Waals surface area contributed by atoms with Gasteiger partial charge in [-0.2, -0.15) is 0 Å². The van der Waals surface area contributed by atoms with Gasteiger partial charge in [0.15, 0.2) is 0 Å². The van der Waals surface area contributed by atoms with Gasteiger partial charge in [-0.3, -0.25) is 4.39 Å². The molecule has 1 atom stereocenters. The molecule has 2 heteroatoms. The van der Waals surface area contributed by atoms with Crippen LogP contribution in [0.15, 0.2) is 0 Å². The Morgan fingerprint density at radius 1 is 1.83 bits per heavy atom. The van der Waals surface area contributed by atoms with Crippen LogP contribution in [0, 0.1) is 0 Å². The number of aliphatic hydroxyl groups is 1. The van der Waals surface area contributed by atoms with Crippen molar-refractivity contribution in [3.63, 3.8) is 0 Å². The Bertz CT molecular complexity index is 28.7. The van der Waals surface area contributed by atoms with E-state index < -0.39 is 12.8 Å². The third kappa shape index (κ3) is 3.89. The summed E-state index contributed by atoms with van der Waals surface area (Å²) in [7, 11) is 0. The average molecular weight is 92.1 g/mol. The van der Waals surface area contributed by atoms with Gasteiger partial charge in [0.1, 0.15) is 0 Å². The maximum atomic E-state index is 11.1. The highest BCUT2D eigenvalue weighted by atomic mass is 19.1. The van der Waals surface area contributed by atoms with Crippen LogP contribution in [0.1, 0.15) is 13.3 Å². The lowest BCUT2D eigenvalue weighted by Crippen LogP contribution is -1.98. The van der Waals surface area contributed by atoms with Crippen LogP contribution >= 0.6 is 0 Å². The van der Waals surface area contributed by atoms with Crippen molar-refractivity contribution >= 4 is 0 Å². The molecule has 0 heterocycles. The zero-order chi connectivity index (χ0) is 4.99. The first kappa shape index (κ1) is 5.89. The number of hydrogen-bond acceptors (Lipinski definition) is 1. The summed E-state index contributed by atoms with van der Waals surface area (Å²) >= 11 is 0. The molecule has 6 heavy (non-hydrogen) atoms. The van der Waals surface area contributed by atoms with E-state index in [2.05, 4.69) is 0 Å². The zero-order valence-corrected chi connectivity index (χ0v) is 3.82. The van der Waals surface area contributed by atoms with Gasteiger partial charge >= 0.3 is 0 Å². The van der Waals surface area contributed by atoms with E-state index in [9.17, 15) is 4.39 Å². The van der Waals surface area contributed by atoms with Crippen LogP contribution in [0.25, 0.3) is 0 Å². The molecule has 1 N–H and O–H groups in total. The average Bonchev–Trinajstić information content (AvgIpc) is 1.35. The molecule has 0 fully saturated rings. The second-order valence-electron chi connectivity index (χ2n) is 1.33. The highest BCUT2D eigenvalue weighted by Crippen LogP contribution is 1.86. The first-order valence-electron chi connectivity index (χ1n) is 2.01. The minimum atomic E-state index is -0.477. The van der Waals surface area contributed by atoms with Crippen LogP contribution < -0.4 is 0 Å². The van der Waals surface area contributed by atoms with Gasteiger partial charge in [-0.05, 0) is 6.92 Å². The van der Waals surface area contributed by atoms with E-state index in [1.54, 1.807) is 6.92 Å². The smallest absolute Gasteiger partial charge is 0.0918 e. The molecule has 0 aliphatic heterocycles. The molecule has 0 bridgehead atoms.